The standard InChI is InChI=1S/C14H13FN2O2S/c1-17-8-12(7-16-17)20-9-10-2-4-13(15)11(6-10)3-5-14(18)19/h2-8H,9H2,1H3,(H,18,19). The Kier molecular flexibility index (Phi) is 4.57. The van der Waals surface area contributed by atoms with Crippen LogP contribution in [0.1, 0.15) is 11.1 Å². The van der Waals surface area contributed by atoms with Crippen molar-refractivity contribution in [1.82, 2.24) is 9.78 Å². The van der Waals surface area contributed by atoms with Crippen molar-refractivity contribution in [2.45, 2.75) is 10.6 Å². The molecule has 6 heteroatoms. The third-order valence-corrected chi connectivity index (χ3v) is 3.57. The van der Waals surface area contributed by atoms with Crippen LogP contribution in [0, 0.1) is 5.82 Å². The summed E-state index contributed by atoms with van der Waals surface area (Å²) in [5.74, 6) is -0.864. The normalized spacial score (nSPS) is 11.1. The van der Waals surface area contributed by atoms with E-state index in [1.807, 2.05) is 13.2 Å². The van der Waals surface area contributed by atoms with Crippen LogP contribution < -0.4 is 0 Å². The van der Waals surface area contributed by atoms with Gasteiger partial charge in [-0.15, -0.1) is 11.8 Å². The summed E-state index contributed by atoms with van der Waals surface area (Å²) in [5, 5.41) is 12.6. The molecule has 2 aromatic rings. The summed E-state index contributed by atoms with van der Waals surface area (Å²) in [6.45, 7) is 0. The Hall–Kier alpha value is -2.08. The molecule has 4 nitrogen and oxygen atoms in total. The predicted molar refractivity (Wildman–Crippen MR) is 75.8 cm³/mol. The van der Waals surface area contributed by atoms with Gasteiger partial charge in [-0.3, -0.25) is 4.68 Å². The number of aryl methyl sites for hydroxylation is 1. The highest BCUT2D eigenvalue weighted by Crippen LogP contribution is 2.23. The van der Waals surface area contributed by atoms with Gasteiger partial charge in [0, 0.05) is 35.5 Å². The van der Waals surface area contributed by atoms with E-state index in [0.29, 0.717) is 5.75 Å². The molecule has 0 saturated heterocycles. The van der Waals surface area contributed by atoms with E-state index < -0.39 is 11.8 Å². The Morgan fingerprint density at radius 2 is 2.35 bits per heavy atom. The predicted octanol–water partition coefficient (Wildman–Crippen LogP) is 2.95. The average molecular weight is 292 g/mol. The number of hydrogen-bond donors (Lipinski definition) is 1. The van der Waals surface area contributed by atoms with Crippen LogP contribution in [0.15, 0.2) is 41.6 Å². The molecule has 0 aliphatic carbocycles. The van der Waals surface area contributed by atoms with Gasteiger partial charge in [0.25, 0.3) is 0 Å². The molecule has 0 bridgehead atoms. The number of nitrogens with zero attached hydrogens (tertiary/aromatic N) is 2. The van der Waals surface area contributed by atoms with Crippen molar-refractivity contribution in [2.24, 2.45) is 7.05 Å². The molecule has 0 aliphatic heterocycles. The van der Waals surface area contributed by atoms with Crippen LogP contribution in [0.3, 0.4) is 0 Å². The molecular formula is C14H13FN2O2S. The monoisotopic (exact) mass is 292 g/mol. The number of thioether (sulfide) groups is 1. The Morgan fingerprint density at radius 3 is 3.00 bits per heavy atom. The lowest BCUT2D eigenvalue weighted by Gasteiger charge is -2.03. The number of aromatic nitrogens is 2. The first-order valence-electron chi connectivity index (χ1n) is 5.85. The summed E-state index contributed by atoms with van der Waals surface area (Å²) < 4.78 is 15.2. The van der Waals surface area contributed by atoms with Crippen LogP contribution in [0.2, 0.25) is 0 Å². The molecule has 0 amide bonds. The number of hydrogen-bond acceptors (Lipinski definition) is 3. The smallest absolute Gasteiger partial charge is 0.328 e. The number of halogens is 1. The van der Waals surface area contributed by atoms with Crippen LogP contribution in [0.4, 0.5) is 4.39 Å². The summed E-state index contributed by atoms with van der Waals surface area (Å²) in [6.07, 6.45) is 5.85. The minimum atomic E-state index is -1.10. The van der Waals surface area contributed by atoms with Gasteiger partial charge in [-0.25, -0.2) is 9.18 Å². The lowest BCUT2D eigenvalue weighted by molar-refractivity contribution is -0.131. The Balaban J connectivity index is 2.08. The van der Waals surface area contributed by atoms with Gasteiger partial charge in [0.05, 0.1) is 6.20 Å². The van der Waals surface area contributed by atoms with Crippen molar-refractivity contribution in [1.29, 1.82) is 0 Å². The number of benzene rings is 1. The Bertz CT molecular complexity index is 652. The van der Waals surface area contributed by atoms with E-state index in [1.54, 1.807) is 34.8 Å². The summed E-state index contributed by atoms with van der Waals surface area (Å²) in [5.41, 5.74) is 1.20. The highest BCUT2D eigenvalue weighted by molar-refractivity contribution is 7.98. The van der Waals surface area contributed by atoms with E-state index in [-0.39, 0.29) is 5.56 Å². The van der Waals surface area contributed by atoms with E-state index in [9.17, 15) is 9.18 Å². The first-order chi connectivity index (χ1) is 9.54. The van der Waals surface area contributed by atoms with Gasteiger partial charge in [-0.1, -0.05) is 6.07 Å². The molecule has 0 fully saturated rings. The fourth-order valence-electron chi connectivity index (χ4n) is 1.61. The van der Waals surface area contributed by atoms with E-state index in [4.69, 9.17) is 5.11 Å². The zero-order valence-electron chi connectivity index (χ0n) is 10.8. The first kappa shape index (κ1) is 14.3. The van der Waals surface area contributed by atoms with Gasteiger partial charge in [0.2, 0.25) is 0 Å². The molecule has 0 unspecified atom stereocenters. The molecule has 0 aliphatic rings. The van der Waals surface area contributed by atoms with E-state index >= 15 is 0 Å². The SMILES string of the molecule is Cn1cc(SCc2ccc(F)c(C=CC(=O)O)c2)cn1. The molecule has 104 valence electrons. The summed E-state index contributed by atoms with van der Waals surface area (Å²) in [6, 6.07) is 4.69. The molecule has 0 radical (unpaired) electrons. The second-order valence-corrected chi connectivity index (χ2v) is 5.21. The number of carboxylic acids is 1. The number of aliphatic carboxylic acids is 1. The fraction of sp³-hybridized carbons (Fsp3) is 0.143. The largest absolute Gasteiger partial charge is 0.478 e. The van der Waals surface area contributed by atoms with Gasteiger partial charge >= 0.3 is 5.97 Å². The van der Waals surface area contributed by atoms with E-state index in [0.717, 1.165) is 16.5 Å². The quantitative estimate of drug-likeness (QED) is 0.680. The lowest BCUT2D eigenvalue weighted by Crippen LogP contribution is -1.90. The molecule has 1 aromatic carbocycles. The minimum absolute atomic E-state index is 0.275. The fourth-order valence-corrected chi connectivity index (χ4v) is 2.47. The van der Waals surface area contributed by atoms with Gasteiger partial charge < -0.3 is 5.11 Å². The zero-order valence-corrected chi connectivity index (χ0v) is 11.6. The van der Waals surface area contributed by atoms with Crippen LogP contribution in [0.5, 0.6) is 0 Å². The average Bonchev–Trinajstić information content (AvgIpc) is 2.82. The minimum Gasteiger partial charge on any atom is -0.478 e. The van der Waals surface area contributed by atoms with Crippen molar-refractivity contribution < 1.29 is 14.3 Å². The van der Waals surface area contributed by atoms with E-state index in [2.05, 4.69) is 5.10 Å². The molecule has 1 aromatic heterocycles. The molecule has 1 heterocycles. The highest BCUT2D eigenvalue weighted by Gasteiger charge is 2.03. The van der Waals surface area contributed by atoms with Crippen molar-refractivity contribution in [3.63, 3.8) is 0 Å². The molecule has 0 spiro atoms. The maximum atomic E-state index is 13.5. The lowest BCUT2D eigenvalue weighted by atomic mass is 10.1. The highest BCUT2D eigenvalue weighted by atomic mass is 32.2. The molecule has 1 N–H and O–H groups in total. The number of rotatable bonds is 5. The second-order valence-electron chi connectivity index (χ2n) is 4.17. The van der Waals surface area contributed by atoms with Crippen molar-refractivity contribution in [3.05, 3.63) is 53.6 Å². The topological polar surface area (TPSA) is 55.1 Å². The number of carbonyl (C=O) groups is 1. The van der Waals surface area contributed by atoms with E-state index in [1.165, 1.54) is 12.1 Å². The number of carboxylic acid groups (broad SMARTS) is 1. The van der Waals surface area contributed by atoms with Crippen molar-refractivity contribution in [2.75, 3.05) is 0 Å². The van der Waals surface area contributed by atoms with Crippen LogP contribution >= 0.6 is 11.8 Å². The second kappa shape index (κ2) is 6.38. The maximum absolute atomic E-state index is 13.5. The van der Waals surface area contributed by atoms with Gasteiger partial charge in [0.1, 0.15) is 5.82 Å². The molecular weight excluding hydrogens is 279 g/mol. The Labute approximate surface area is 119 Å². The van der Waals surface area contributed by atoms with Gasteiger partial charge in [0.15, 0.2) is 0 Å². The molecule has 0 saturated carbocycles. The van der Waals surface area contributed by atoms with Gasteiger partial charge in [-0.2, -0.15) is 5.10 Å². The maximum Gasteiger partial charge on any atom is 0.328 e. The van der Waals surface area contributed by atoms with Crippen LogP contribution in [0.25, 0.3) is 6.08 Å². The summed E-state index contributed by atoms with van der Waals surface area (Å²) in [7, 11) is 1.84. The summed E-state index contributed by atoms with van der Waals surface area (Å²) in [4.78, 5) is 11.5. The van der Waals surface area contributed by atoms with Crippen LogP contribution in [-0.4, -0.2) is 20.9 Å². The van der Waals surface area contributed by atoms with Crippen molar-refractivity contribution in [3.8, 4) is 0 Å². The van der Waals surface area contributed by atoms with Crippen molar-refractivity contribution >= 4 is 23.8 Å². The molecule has 20 heavy (non-hydrogen) atoms. The van der Waals surface area contributed by atoms with Gasteiger partial charge in [-0.05, 0) is 23.8 Å². The van der Waals surface area contributed by atoms with Crippen LogP contribution in [-0.2, 0) is 17.6 Å². The third-order valence-electron chi connectivity index (χ3n) is 2.55. The zero-order chi connectivity index (χ0) is 14.5. The summed E-state index contributed by atoms with van der Waals surface area (Å²) >= 11 is 1.59. The third kappa shape index (κ3) is 3.96. The molecule has 0 atom stereocenters. The Morgan fingerprint density at radius 1 is 1.55 bits per heavy atom. The molecule has 2 rings (SSSR count). The first-order valence-corrected chi connectivity index (χ1v) is 6.84.